The first-order valence-corrected chi connectivity index (χ1v) is 22.9. The van der Waals surface area contributed by atoms with E-state index in [4.69, 9.17) is 18.5 Å². The van der Waals surface area contributed by atoms with Crippen molar-refractivity contribution in [2.24, 2.45) is 0 Å². The zero-order valence-electron chi connectivity index (χ0n) is 34.7. The molecule has 0 aliphatic carbocycles. The monoisotopic (exact) mass is 794 g/mol. The Balaban J connectivity index is 1.17. The Bertz CT molecular complexity index is 1790. The second-order valence-electron chi connectivity index (χ2n) is 16.5. The number of nitrogens with zero attached hydrogens (tertiary/aromatic N) is 1. The number of benzene rings is 4. The summed E-state index contributed by atoms with van der Waals surface area (Å²) in [5, 5.41) is 7.64. The highest BCUT2D eigenvalue weighted by Crippen LogP contribution is 2.43. The van der Waals surface area contributed by atoms with Gasteiger partial charge in [0.1, 0.15) is 19.8 Å². The molecule has 0 amide bonds. The fourth-order valence-corrected chi connectivity index (χ4v) is 8.07. The van der Waals surface area contributed by atoms with E-state index in [9.17, 15) is 19.0 Å². The number of carbonyl (C=O) groups excluding carboxylic acids is 2. The standard InChI is InChI=1S/C46H68NO8P/c1-5-6-7-8-9-10-11-12-13-14-15-16-19-25-43(48)52-35-41(36-54-56(50,51)53-34-33-47(2,3)4)55-44(49)26-20-17-18-22-37-27-28-40-30-29-38-23-21-24-39-31-32-42(37)46(40)45(38)39/h21,23-24,27-32,41H,5-20,22,25-26,33-36H2,1-4H3/p+1/t41-/m1/s1. The van der Waals surface area contributed by atoms with Crippen molar-refractivity contribution < 1.29 is 42.1 Å². The number of ether oxygens (including phenoxy) is 2. The molecule has 0 bridgehead atoms. The molecule has 0 aromatic heterocycles. The number of phosphoric acid groups is 1. The van der Waals surface area contributed by atoms with Gasteiger partial charge in [-0.3, -0.25) is 18.6 Å². The predicted octanol–water partition coefficient (Wildman–Crippen LogP) is 11.5. The number of hydrogen-bond acceptors (Lipinski definition) is 7. The maximum absolute atomic E-state index is 12.9. The van der Waals surface area contributed by atoms with Crippen LogP contribution in [0, 0.1) is 0 Å². The van der Waals surface area contributed by atoms with E-state index in [1.807, 2.05) is 21.1 Å². The quantitative estimate of drug-likeness (QED) is 0.0183. The Kier molecular flexibility index (Phi) is 19.5. The fraction of sp³-hybridized carbons (Fsp3) is 0.609. The van der Waals surface area contributed by atoms with Crippen LogP contribution in [-0.2, 0) is 39.1 Å². The summed E-state index contributed by atoms with van der Waals surface area (Å²) < 4.78 is 34.6. The third-order valence-electron chi connectivity index (χ3n) is 10.6. The largest absolute Gasteiger partial charge is 0.472 e. The van der Waals surface area contributed by atoms with Crippen LogP contribution in [0.2, 0.25) is 0 Å². The Morgan fingerprint density at radius 1 is 0.643 bits per heavy atom. The molecule has 0 radical (unpaired) electrons. The molecular weight excluding hydrogens is 725 g/mol. The molecule has 4 aromatic carbocycles. The first-order valence-electron chi connectivity index (χ1n) is 21.4. The molecule has 4 rings (SSSR count). The minimum absolute atomic E-state index is 0.0183. The van der Waals surface area contributed by atoms with Crippen molar-refractivity contribution in [2.45, 2.75) is 135 Å². The third kappa shape index (κ3) is 16.4. The molecule has 4 aromatic rings. The van der Waals surface area contributed by atoms with Gasteiger partial charge >= 0.3 is 19.8 Å². The summed E-state index contributed by atoms with van der Waals surface area (Å²) in [4.78, 5) is 35.8. The van der Waals surface area contributed by atoms with Gasteiger partial charge in [0, 0.05) is 12.8 Å². The second kappa shape index (κ2) is 24.0. The van der Waals surface area contributed by atoms with Gasteiger partial charge in [-0.2, -0.15) is 0 Å². The lowest BCUT2D eigenvalue weighted by Crippen LogP contribution is -2.37. The summed E-state index contributed by atoms with van der Waals surface area (Å²) >= 11 is 0. The first-order chi connectivity index (χ1) is 27.0. The third-order valence-corrected chi connectivity index (χ3v) is 11.6. The van der Waals surface area contributed by atoms with Gasteiger partial charge in [0.25, 0.3) is 0 Å². The van der Waals surface area contributed by atoms with Crippen LogP contribution in [0.1, 0.15) is 128 Å². The van der Waals surface area contributed by atoms with Gasteiger partial charge in [-0.15, -0.1) is 0 Å². The van der Waals surface area contributed by atoms with E-state index < -0.39 is 26.5 Å². The summed E-state index contributed by atoms with van der Waals surface area (Å²) in [7, 11) is 1.43. The van der Waals surface area contributed by atoms with Crippen molar-refractivity contribution in [1.29, 1.82) is 0 Å². The lowest BCUT2D eigenvalue weighted by atomic mass is 9.90. The highest BCUT2D eigenvalue weighted by molar-refractivity contribution is 7.47. The van der Waals surface area contributed by atoms with Crippen LogP contribution < -0.4 is 0 Å². The van der Waals surface area contributed by atoms with Crippen LogP contribution in [-0.4, -0.2) is 74.9 Å². The van der Waals surface area contributed by atoms with Crippen LogP contribution in [0.4, 0.5) is 0 Å². The Labute approximate surface area is 335 Å². The lowest BCUT2D eigenvalue weighted by Gasteiger charge is -2.24. The minimum Gasteiger partial charge on any atom is -0.462 e. The van der Waals surface area contributed by atoms with Crippen molar-refractivity contribution in [2.75, 3.05) is 47.5 Å². The van der Waals surface area contributed by atoms with E-state index in [-0.39, 0.29) is 32.0 Å². The number of likely N-dealkylation sites (N-methyl/N-ethyl adjacent to an activating group) is 1. The van der Waals surface area contributed by atoms with Gasteiger partial charge < -0.3 is 18.9 Å². The zero-order valence-corrected chi connectivity index (χ0v) is 35.6. The van der Waals surface area contributed by atoms with Gasteiger partial charge in [-0.1, -0.05) is 145 Å². The average Bonchev–Trinajstić information content (AvgIpc) is 3.16. The summed E-state index contributed by atoms with van der Waals surface area (Å²) in [6.45, 7) is 2.09. The molecule has 0 heterocycles. The molecule has 0 aliphatic heterocycles. The van der Waals surface area contributed by atoms with Gasteiger partial charge in [0.15, 0.2) is 6.10 Å². The highest BCUT2D eigenvalue weighted by Gasteiger charge is 2.27. The highest BCUT2D eigenvalue weighted by atomic mass is 31.2. The number of hydrogen-bond donors (Lipinski definition) is 1. The van der Waals surface area contributed by atoms with E-state index in [2.05, 4.69) is 61.5 Å². The summed E-state index contributed by atoms with van der Waals surface area (Å²) in [5.74, 6) is -0.847. The van der Waals surface area contributed by atoms with Crippen LogP contribution in [0.25, 0.3) is 32.3 Å². The molecule has 56 heavy (non-hydrogen) atoms. The Hall–Kier alpha value is -3.07. The van der Waals surface area contributed by atoms with E-state index in [0.29, 0.717) is 17.4 Å². The van der Waals surface area contributed by atoms with Crippen LogP contribution in [0.15, 0.2) is 54.6 Å². The van der Waals surface area contributed by atoms with Crippen molar-refractivity contribution in [1.82, 2.24) is 0 Å². The maximum Gasteiger partial charge on any atom is 0.472 e. The molecule has 9 nitrogen and oxygen atoms in total. The molecule has 0 aliphatic rings. The van der Waals surface area contributed by atoms with Crippen LogP contribution in [0.5, 0.6) is 0 Å². The van der Waals surface area contributed by atoms with Crippen LogP contribution in [0.3, 0.4) is 0 Å². The molecule has 0 saturated heterocycles. The molecule has 0 fully saturated rings. The molecule has 310 valence electrons. The second-order valence-corrected chi connectivity index (χ2v) is 18.0. The van der Waals surface area contributed by atoms with E-state index in [1.54, 1.807) is 0 Å². The fourth-order valence-electron chi connectivity index (χ4n) is 7.33. The summed E-state index contributed by atoms with van der Waals surface area (Å²) in [5.41, 5.74) is 1.30. The Morgan fingerprint density at radius 3 is 1.80 bits per heavy atom. The van der Waals surface area contributed by atoms with E-state index >= 15 is 0 Å². The van der Waals surface area contributed by atoms with E-state index in [0.717, 1.165) is 38.5 Å². The summed E-state index contributed by atoms with van der Waals surface area (Å²) in [6, 6.07) is 19.7. The number of unbranched alkanes of at least 4 members (excludes halogenated alkanes) is 14. The predicted molar refractivity (Wildman–Crippen MR) is 228 cm³/mol. The molecule has 1 N–H and O–H groups in total. The first kappa shape index (κ1) is 45.6. The lowest BCUT2D eigenvalue weighted by molar-refractivity contribution is -0.870. The van der Waals surface area contributed by atoms with Gasteiger partial charge in [0.05, 0.1) is 27.7 Å². The SMILES string of the molecule is CCCCCCCCCCCCCCCC(=O)OC[C@H](COP(=O)(O)OCC[N+](C)(C)C)OC(=O)CCCCCc1ccc2ccc3cccc4ccc1c2c34. The topological polar surface area (TPSA) is 108 Å². The van der Waals surface area contributed by atoms with Crippen LogP contribution >= 0.6 is 7.82 Å². The molecular formula is C46H69NO8P+. The molecule has 1 unspecified atom stereocenters. The number of esters is 2. The van der Waals surface area contributed by atoms with Crippen molar-refractivity contribution >= 4 is 52.1 Å². The minimum atomic E-state index is -4.41. The number of rotatable bonds is 30. The van der Waals surface area contributed by atoms with Crippen molar-refractivity contribution in [3.63, 3.8) is 0 Å². The summed E-state index contributed by atoms with van der Waals surface area (Å²) in [6.07, 6.45) is 18.5. The number of quaternary nitrogens is 1. The number of aryl methyl sites for hydroxylation is 1. The van der Waals surface area contributed by atoms with Crippen molar-refractivity contribution in [3.05, 3.63) is 60.2 Å². The smallest absolute Gasteiger partial charge is 0.462 e. The number of carbonyl (C=O) groups is 2. The maximum atomic E-state index is 12.9. The molecule has 10 heteroatoms. The van der Waals surface area contributed by atoms with Gasteiger partial charge in [0.2, 0.25) is 0 Å². The van der Waals surface area contributed by atoms with E-state index in [1.165, 1.54) is 102 Å². The molecule has 2 atom stereocenters. The molecule has 0 spiro atoms. The Morgan fingerprint density at radius 2 is 1.18 bits per heavy atom. The van der Waals surface area contributed by atoms with Gasteiger partial charge in [-0.25, -0.2) is 4.57 Å². The zero-order chi connectivity index (χ0) is 40.2. The number of phosphoric ester groups is 1. The van der Waals surface area contributed by atoms with Crippen molar-refractivity contribution in [3.8, 4) is 0 Å². The average molecular weight is 795 g/mol. The van der Waals surface area contributed by atoms with Gasteiger partial charge in [-0.05, 0) is 63.6 Å². The molecule has 0 saturated carbocycles. The normalized spacial score (nSPS) is 13.7.